The molecule has 0 saturated carbocycles. The maximum absolute atomic E-state index is 12.2. The van der Waals surface area contributed by atoms with Gasteiger partial charge in [-0.2, -0.15) is 0 Å². The van der Waals surface area contributed by atoms with E-state index in [1.54, 1.807) is 7.11 Å². The van der Waals surface area contributed by atoms with Crippen LogP contribution in [-0.4, -0.2) is 50.2 Å². The molecule has 2 saturated heterocycles. The van der Waals surface area contributed by atoms with Gasteiger partial charge in [0, 0.05) is 26.6 Å². The monoisotopic (exact) mass is 254 g/mol. The third-order valence-corrected chi connectivity index (χ3v) is 4.47. The van der Waals surface area contributed by atoms with Crippen LogP contribution in [0.15, 0.2) is 0 Å². The van der Waals surface area contributed by atoms with Crippen LogP contribution in [0.1, 0.15) is 32.6 Å². The molecule has 104 valence electrons. The SMILES string of the molecule is COC1CCN(C(=O)CC(C)C2CCCNC2)C1. The third-order valence-electron chi connectivity index (χ3n) is 4.47. The summed E-state index contributed by atoms with van der Waals surface area (Å²) < 4.78 is 5.31. The van der Waals surface area contributed by atoms with Crippen molar-refractivity contribution in [1.29, 1.82) is 0 Å². The molecule has 0 aromatic carbocycles. The van der Waals surface area contributed by atoms with Crippen LogP contribution in [0.4, 0.5) is 0 Å². The number of amides is 1. The predicted octanol–water partition coefficient (Wildman–Crippen LogP) is 1.26. The van der Waals surface area contributed by atoms with E-state index in [2.05, 4.69) is 12.2 Å². The maximum atomic E-state index is 12.2. The molecule has 2 aliphatic rings. The number of likely N-dealkylation sites (tertiary alicyclic amines) is 1. The van der Waals surface area contributed by atoms with Crippen LogP contribution < -0.4 is 5.32 Å². The summed E-state index contributed by atoms with van der Waals surface area (Å²) in [5.74, 6) is 1.48. The number of hydrogen-bond acceptors (Lipinski definition) is 3. The topological polar surface area (TPSA) is 41.6 Å². The minimum absolute atomic E-state index is 0.251. The summed E-state index contributed by atoms with van der Waals surface area (Å²) >= 11 is 0. The van der Waals surface area contributed by atoms with Gasteiger partial charge in [-0.1, -0.05) is 6.92 Å². The number of methoxy groups -OCH3 is 1. The minimum atomic E-state index is 0.251. The molecule has 0 aliphatic carbocycles. The second-order valence-electron chi connectivity index (χ2n) is 5.77. The van der Waals surface area contributed by atoms with Gasteiger partial charge >= 0.3 is 0 Å². The van der Waals surface area contributed by atoms with Crippen LogP contribution in [0.5, 0.6) is 0 Å². The second-order valence-corrected chi connectivity index (χ2v) is 5.77. The Morgan fingerprint density at radius 2 is 2.33 bits per heavy atom. The van der Waals surface area contributed by atoms with Gasteiger partial charge in [0.1, 0.15) is 0 Å². The number of carbonyl (C=O) groups excluding carboxylic acids is 1. The summed E-state index contributed by atoms with van der Waals surface area (Å²) in [6.45, 7) is 6.09. The summed E-state index contributed by atoms with van der Waals surface area (Å²) in [4.78, 5) is 14.2. The van der Waals surface area contributed by atoms with Crippen LogP contribution >= 0.6 is 0 Å². The zero-order valence-corrected chi connectivity index (χ0v) is 11.7. The van der Waals surface area contributed by atoms with Gasteiger partial charge in [-0.25, -0.2) is 0 Å². The standard InChI is InChI=1S/C14H26N2O2/c1-11(12-4-3-6-15-9-12)8-14(17)16-7-5-13(10-16)18-2/h11-13,15H,3-10H2,1-2H3. The Kier molecular flexibility index (Phi) is 5.01. The highest BCUT2D eigenvalue weighted by molar-refractivity contribution is 5.76. The number of nitrogens with zero attached hydrogens (tertiary/aromatic N) is 1. The molecule has 1 amide bonds. The van der Waals surface area contributed by atoms with Crippen molar-refractivity contribution >= 4 is 5.91 Å². The van der Waals surface area contributed by atoms with E-state index in [1.165, 1.54) is 12.8 Å². The molecule has 0 aromatic rings. The fourth-order valence-electron chi connectivity index (χ4n) is 3.08. The fraction of sp³-hybridized carbons (Fsp3) is 0.929. The smallest absolute Gasteiger partial charge is 0.222 e. The Morgan fingerprint density at radius 1 is 1.50 bits per heavy atom. The first-order valence-corrected chi connectivity index (χ1v) is 7.22. The van der Waals surface area contributed by atoms with E-state index in [0.717, 1.165) is 32.6 Å². The molecule has 1 N–H and O–H groups in total. The van der Waals surface area contributed by atoms with Gasteiger partial charge in [-0.15, -0.1) is 0 Å². The molecule has 4 nitrogen and oxygen atoms in total. The molecule has 0 radical (unpaired) electrons. The van der Waals surface area contributed by atoms with Gasteiger partial charge in [0.15, 0.2) is 0 Å². The first-order valence-electron chi connectivity index (χ1n) is 7.22. The molecule has 0 bridgehead atoms. The van der Waals surface area contributed by atoms with Crippen molar-refractivity contribution in [2.45, 2.75) is 38.7 Å². The highest BCUT2D eigenvalue weighted by Gasteiger charge is 2.29. The summed E-state index contributed by atoms with van der Waals surface area (Å²) in [5.41, 5.74) is 0. The normalized spacial score (nSPS) is 30.4. The third kappa shape index (κ3) is 3.45. The Balaban J connectivity index is 1.76. The van der Waals surface area contributed by atoms with Crippen LogP contribution in [0.3, 0.4) is 0 Å². The van der Waals surface area contributed by atoms with E-state index in [1.807, 2.05) is 4.90 Å². The average Bonchev–Trinajstić information content (AvgIpc) is 2.88. The van der Waals surface area contributed by atoms with Gasteiger partial charge in [-0.05, 0) is 44.2 Å². The van der Waals surface area contributed by atoms with Gasteiger partial charge < -0.3 is 15.0 Å². The van der Waals surface area contributed by atoms with Crippen LogP contribution in [0.2, 0.25) is 0 Å². The molecular weight excluding hydrogens is 228 g/mol. The largest absolute Gasteiger partial charge is 0.380 e. The molecule has 2 rings (SSSR count). The van der Waals surface area contributed by atoms with E-state index in [9.17, 15) is 4.79 Å². The first-order chi connectivity index (χ1) is 8.70. The molecule has 3 atom stereocenters. The van der Waals surface area contributed by atoms with Crippen molar-refractivity contribution in [3.63, 3.8) is 0 Å². The quantitative estimate of drug-likeness (QED) is 0.821. The van der Waals surface area contributed by atoms with Crippen molar-refractivity contribution in [1.82, 2.24) is 10.2 Å². The zero-order valence-electron chi connectivity index (χ0n) is 11.7. The number of nitrogens with one attached hydrogen (secondary N) is 1. The molecular formula is C14H26N2O2. The van der Waals surface area contributed by atoms with Crippen molar-refractivity contribution < 1.29 is 9.53 Å². The van der Waals surface area contributed by atoms with Crippen LogP contribution in [0.25, 0.3) is 0 Å². The average molecular weight is 254 g/mol. The Labute approximate surface area is 110 Å². The van der Waals surface area contributed by atoms with Gasteiger partial charge in [0.2, 0.25) is 5.91 Å². The summed E-state index contributed by atoms with van der Waals surface area (Å²) in [7, 11) is 1.73. The number of piperidine rings is 1. The van der Waals surface area contributed by atoms with E-state index in [-0.39, 0.29) is 6.10 Å². The van der Waals surface area contributed by atoms with Crippen molar-refractivity contribution in [2.24, 2.45) is 11.8 Å². The second kappa shape index (κ2) is 6.53. The van der Waals surface area contributed by atoms with E-state index in [4.69, 9.17) is 4.74 Å². The number of carbonyl (C=O) groups is 1. The fourth-order valence-corrected chi connectivity index (χ4v) is 3.08. The molecule has 0 aromatic heterocycles. The molecule has 18 heavy (non-hydrogen) atoms. The first kappa shape index (κ1) is 13.8. The lowest BCUT2D eigenvalue weighted by Gasteiger charge is -2.29. The molecule has 2 fully saturated rings. The molecule has 4 heteroatoms. The van der Waals surface area contributed by atoms with Crippen LogP contribution in [-0.2, 0) is 9.53 Å². The highest BCUT2D eigenvalue weighted by atomic mass is 16.5. The van der Waals surface area contributed by atoms with Crippen molar-refractivity contribution in [3.05, 3.63) is 0 Å². The lowest BCUT2D eigenvalue weighted by molar-refractivity contribution is -0.131. The van der Waals surface area contributed by atoms with Gasteiger partial charge in [0.05, 0.1) is 6.10 Å². The van der Waals surface area contributed by atoms with E-state index < -0.39 is 0 Å². The molecule has 2 heterocycles. The number of rotatable bonds is 4. The number of ether oxygens (including phenoxy) is 1. The summed E-state index contributed by atoms with van der Waals surface area (Å²) in [6.07, 6.45) is 4.45. The molecule has 0 spiro atoms. The molecule has 3 unspecified atom stereocenters. The lowest BCUT2D eigenvalue weighted by atomic mass is 9.85. The minimum Gasteiger partial charge on any atom is -0.380 e. The van der Waals surface area contributed by atoms with Crippen molar-refractivity contribution in [2.75, 3.05) is 33.3 Å². The zero-order chi connectivity index (χ0) is 13.0. The van der Waals surface area contributed by atoms with Gasteiger partial charge in [-0.3, -0.25) is 4.79 Å². The van der Waals surface area contributed by atoms with Gasteiger partial charge in [0.25, 0.3) is 0 Å². The highest BCUT2D eigenvalue weighted by Crippen LogP contribution is 2.24. The lowest BCUT2D eigenvalue weighted by Crippen LogP contribution is -2.36. The van der Waals surface area contributed by atoms with E-state index >= 15 is 0 Å². The summed E-state index contributed by atoms with van der Waals surface area (Å²) in [5, 5.41) is 3.43. The van der Waals surface area contributed by atoms with Crippen LogP contribution in [0, 0.1) is 11.8 Å². The van der Waals surface area contributed by atoms with E-state index in [0.29, 0.717) is 24.2 Å². The maximum Gasteiger partial charge on any atom is 0.222 e. The Bertz CT molecular complexity index is 277. The Hall–Kier alpha value is -0.610. The number of hydrogen-bond donors (Lipinski definition) is 1. The van der Waals surface area contributed by atoms with Crippen molar-refractivity contribution in [3.8, 4) is 0 Å². The predicted molar refractivity (Wildman–Crippen MR) is 71.4 cm³/mol. The molecule has 2 aliphatic heterocycles. The Morgan fingerprint density at radius 3 is 2.94 bits per heavy atom. The summed E-state index contributed by atoms with van der Waals surface area (Å²) in [6, 6.07) is 0.